The Morgan fingerprint density at radius 3 is 1.79 bits per heavy atom. The van der Waals surface area contributed by atoms with Crippen LogP contribution in [0.2, 0.25) is 0 Å². The first-order chi connectivity index (χ1) is 22.6. The number of hydrogen-bond acceptors (Lipinski definition) is 6. The van der Waals surface area contributed by atoms with Crippen molar-refractivity contribution in [2.45, 2.75) is 90.6 Å². The van der Waals surface area contributed by atoms with Crippen molar-refractivity contribution in [1.29, 1.82) is 0 Å². The summed E-state index contributed by atoms with van der Waals surface area (Å²) in [6.45, 7) is 16.2. The van der Waals surface area contributed by atoms with Crippen LogP contribution in [0.4, 0.5) is 4.79 Å². The molecule has 3 amide bonds. The zero-order chi connectivity index (χ0) is 35.5. The standard InChI is InChI=1S/C39H49N3O6/c1-9-23-42(35(44)31(25-28-18-12-10-13-19-28)41-37(46)48-39(6,7)8)33(30-22-16-17-27(2)24-30)34(43)40-32(36(45)47-38(3,4)5)26-29-20-14-11-15-21-29/h9-22,24,31-33H,1,23,25-26H2,2-8H3,(H,40,43)(H,41,46). The van der Waals surface area contributed by atoms with Gasteiger partial charge in [0.1, 0.15) is 29.3 Å². The molecular weight excluding hydrogens is 606 g/mol. The predicted molar refractivity (Wildman–Crippen MR) is 187 cm³/mol. The third kappa shape index (κ3) is 12.0. The Hall–Kier alpha value is -4.92. The zero-order valence-corrected chi connectivity index (χ0v) is 29.1. The lowest BCUT2D eigenvalue weighted by Crippen LogP contribution is -2.55. The number of amides is 3. The molecule has 0 aliphatic heterocycles. The van der Waals surface area contributed by atoms with Crippen LogP contribution in [0.5, 0.6) is 0 Å². The summed E-state index contributed by atoms with van der Waals surface area (Å²) in [5, 5.41) is 5.65. The molecular formula is C39H49N3O6. The van der Waals surface area contributed by atoms with Gasteiger partial charge in [-0.3, -0.25) is 9.59 Å². The third-order valence-corrected chi connectivity index (χ3v) is 7.09. The Kier molecular flexibility index (Phi) is 13.1. The average molecular weight is 656 g/mol. The molecule has 3 rings (SSSR count). The number of benzene rings is 3. The van der Waals surface area contributed by atoms with Crippen molar-refractivity contribution < 1.29 is 28.7 Å². The molecule has 3 unspecified atom stereocenters. The smallest absolute Gasteiger partial charge is 0.408 e. The summed E-state index contributed by atoms with van der Waals surface area (Å²) >= 11 is 0. The molecule has 2 N–H and O–H groups in total. The van der Waals surface area contributed by atoms with Crippen molar-refractivity contribution in [2.75, 3.05) is 6.54 Å². The normalized spacial score (nSPS) is 13.3. The first-order valence-corrected chi connectivity index (χ1v) is 16.1. The van der Waals surface area contributed by atoms with Crippen molar-refractivity contribution in [3.05, 3.63) is 120 Å². The summed E-state index contributed by atoms with van der Waals surface area (Å²) in [6, 6.07) is 22.5. The molecule has 0 saturated carbocycles. The fourth-order valence-corrected chi connectivity index (χ4v) is 5.14. The van der Waals surface area contributed by atoms with Gasteiger partial charge in [-0.25, -0.2) is 9.59 Å². The number of ether oxygens (including phenoxy) is 2. The predicted octanol–water partition coefficient (Wildman–Crippen LogP) is 6.26. The monoisotopic (exact) mass is 655 g/mol. The van der Waals surface area contributed by atoms with Crippen molar-refractivity contribution in [1.82, 2.24) is 15.5 Å². The van der Waals surface area contributed by atoms with Crippen molar-refractivity contribution in [3.63, 3.8) is 0 Å². The molecule has 0 fully saturated rings. The average Bonchev–Trinajstić information content (AvgIpc) is 2.99. The highest BCUT2D eigenvalue weighted by atomic mass is 16.6. The molecule has 0 radical (unpaired) electrons. The van der Waals surface area contributed by atoms with Crippen LogP contribution in [0.25, 0.3) is 0 Å². The lowest BCUT2D eigenvalue weighted by atomic mass is 9.98. The van der Waals surface area contributed by atoms with E-state index in [9.17, 15) is 19.2 Å². The maximum Gasteiger partial charge on any atom is 0.408 e. The van der Waals surface area contributed by atoms with E-state index >= 15 is 0 Å². The van der Waals surface area contributed by atoms with Crippen LogP contribution < -0.4 is 10.6 Å². The van der Waals surface area contributed by atoms with E-state index in [0.29, 0.717) is 5.56 Å². The van der Waals surface area contributed by atoms with E-state index in [1.165, 1.54) is 11.0 Å². The van der Waals surface area contributed by atoms with Gasteiger partial charge in [-0.15, -0.1) is 6.58 Å². The third-order valence-electron chi connectivity index (χ3n) is 7.09. The molecule has 3 aromatic carbocycles. The van der Waals surface area contributed by atoms with Gasteiger partial charge in [-0.05, 0) is 65.2 Å². The number of nitrogens with one attached hydrogen (secondary N) is 2. The quantitative estimate of drug-likeness (QED) is 0.166. The lowest BCUT2D eigenvalue weighted by molar-refractivity contribution is -0.159. The highest BCUT2D eigenvalue weighted by molar-refractivity contribution is 5.94. The maximum atomic E-state index is 14.6. The number of esters is 1. The van der Waals surface area contributed by atoms with Crippen LogP contribution in [-0.4, -0.2) is 58.6 Å². The minimum absolute atomic E-state index is 0.0259. The van der Waals surface area contributed by atoms with Gasteiger partial charge in [0.2, 0.25) is 11.8 Å². The molecule has 256 valence electrons. The Bertz CT molecular complexity index is 1540. The highest BCUT2D eigenvalue weighted by Crippen LogP contribution is 2.25. The molecule has 0 spiro atoms. The van der Waals surface area contributed by atoms with E-state index in [4.69, 9.17) is 9.47 Å². The topological polar surface area (TPSA) is 114 Å². The number of carbonyl (C=O) groups excluding carboxylic acids is 4. The molecule has 9 heteroatoms. The largest absolute Gasteiger partial charge is 0.458 e. The fourth-order valence-electron chi connectivity index (χ4n) is 5.14. The summed E-state index contributed by atoms with van der Waals surface area (Å²) in [6.07, 6.45) is 1.08. The van der Waals surface area contributed by atoms with E-state index in [-0.39, 0.29) is 19.4 Å². The first-order valence-electron chi connectivity index (χ1n) is 16.1. The lowest BCUT2D eigenvalue weighted by Gasteiger charge is -2.35. The van der Waals surface area contributed by atoms with Crippen LogP contribution in [0.15, 0.2) is 97.6 Å². The zero-order valence-electron chi connectivity index (χ0n) is 29.1. The Morgan fingerprint density at radius 1 is 0.750 bits per heavy atom. The summed E-state index contributed by atoms with van der Waals surface area (Å²) in [7, 11) is 0. The van der Waals surface area contributed by atoms with Gasteiger partial charge in [-0.2, -0.15) is 0 Å². The van der Waals surface area contributed by atoms with Gasteiger partial charge in [0.05, 0.1) is 0 Å². The summed E-state index contributed by atoms with van der Waals surface area (Å²) in [5.41, 5.74) is 1.43. The SMILES string of the molecule is C=CCN(C(=O)C(Cc1ccccc1)NC(=O)OC(C)(C)C)C(C(=O)NC(Cc1ccccc1)C(=O)OC(C)(C)C)c1cccc(C)c1. The second kappa shape index (κ2) is 16.8. The molecule has 3 atom stereocenters. The van der Waals surface area contributed by atoms with Crippen LogP contribution in [0.3, 0.4) is 0 Å². The van der Waals surface area contributed by atoms with Gasteiger partial charge in [-0.1, -0.05) is 96.6 Å². The summed E-state index contributed by atoms with van der Waals surface area (Å²) < 4.78 is 11.2. The number of aryl methyl sites for hydroxylation is 1. The molecule has 0 aromatic heterocycles. The minimum Gasteiger partial charge on any atom is -0.458 e. The number of alkyl carbamates (subject to hydrolysis) is 1. The van der Waals surface area contributed by atoms with Gasteiger partial charge in [0.15, 0.2) is 0 Å². The molecule has 0 heterocycles. The van der Waals surface area contributed by atoms with E-state index in [2.05, 4.69) is 17.2 Å². The molecule has 3 aromatic rings. The van der Waals surface area contributed by atoms with Crippen LogP contribution in [0, 0.1) is 6.92 Å². The number of carbonyl (C=O) groups is 4. The van der Waals surface area contributed by atoms with E-state index in [1.54, 1.807) is 53.7 Å². The second-order valence-corrected chi connectivity index (χ2v) is 13.8. The second-order valence-electron chi connectivity index (χ2n) is 13.8. The molecule has 0 saturated heterocycles. The van der Waals surface area contributed by atoms with E-state index < -0.39 is 53.2 Å². The Balaban J connectivity index is 2.07. The van der Waals surface area contributed by atoms with E-state index in [0.717, 1.165) is 16.7 Å². The Labute approximate surface area is 284 Å². The van der Waals surface area contributed by atoms with Crippen molar-refractivity contribution in [2.24, 2.45) is 0 Å². The molecule has 0 bridgehead atoms. The summed E-state index contributed by atoms with van der Waals surface area (Å²) in [5.74, 6) is -1.71. The van der Waals surface area contributed by atoms with Crippen LogP contribution in [0.1, 0.15) is 69.8 Å². The Morgan fingerprint density at radius 2 is 1.29 bits per heavy atom. The van der Waals surface area contributed by atoms with E-state index in [1.807, 2.05) is 79.7 Å². The van der Waals surface area contributed by atoms with Crippen LogP contribution >= 0.6 is 0 Å². The summed E-state index contributed by atoms with van der Waals surface area (Å²) in [4.78, 5) is 56.9. The van der Waals surface area contributed by atoms with Gasteiger partial charge >= 0.3 is 12.1 Å². The molecule has 0 aliphatic carbocycles. The number of hydrogen-bond donors (Lipinski definition) is 2. The van der Waals surface area contributed by atoms with Gasteiger partial charge in [0.25, 0.3) is 0 Å². The van der Waals surface area contributed by atoms with Crippen molar-refractivity contribution in [3.8, 4) is 0 Å². The van der Waals surface area contributed by atoms with Crippen LogP contribution in [-0.2, 0) is 36.7 Å². The van der Waals surface area contributed by atoms with Gasteiger partial charge in [0, 0.05) is 19.4 Å². The molecule has 0 aliphatic rings. The minimum atomic E-state index is -1.19. The van der Waals surface area contributed by atoms with Crippen molar-refractivity contribution >= 4 is 23.9 Å². The number of rotatable bonds is 13. The molecule has 48 heavy (non-hydrogen) atoms. The molecule has 9 nitrogen and oxygen atoms in total. The number of nitrogens with zero attached hydrogens (tertiary/aromatic N) is 1. The first kappa shape index (κ1) is 37.5. The fraction of sp³-hybridized carbons (Fsp3) is 0.385. The van der Waals surface area contributed by atoms with Gasteiger partial charge < -0.3 is 25.0 Å². The maximum absolute atomic E-state index is 14.6. The highest BCUT2D eigenvalue weighted by Gasteiger charge is 2.38.